The van der Waals surface area contributed by atoms with Crippen molar-refractivity contribution in [1.82, 2.24) is 4.90 Å². The standard InChI is InChI=1S/C30H36N4O2S/c1-34-15-12-25(13-16-34)36-24-9-6-21(7-10-24)29(32)26-18-23(8-11-27(26)31)33-30(35)28(20-4-2-3-5-20)22-14-17-37-19-22/h6-11,14,17-20,25,28,32H,2-5,12-13,15-16,31H2,1H3,(H,33,35). The second kappa shape index (κ2) is 11.5. The summed E-state index contributed by atoms with van der Waals surface area (Å²) in [6.07, 6.45) is 6.83. The fraction of sp³-hybridized carbons (Fsp3) is 0.400. The lowest BCUT2D eigenvalue weighted by Crippen LogP contribution is -2.35. The van der Waals surface area contributed by atoms with Crippen LogP contribution >= 0.6 is 11.3 Å². The van der Waals surface area contributed by atoms with Gasteiger partial charge in [0.05, 0.1) is 11.6 Å². The number of nitrogens with one attached hydrogen (secondary N) is 2. The molecule has 3 aromatic rings. The van der Waals surface area contributed by atoms with E-state index in [1.165, 1.54) is 12.8 Å². The number of piperidine rings is 1. The molecule has 0 radical (unpaired) electrons. The summed E-state index contributed by atoms with van der Waals surface area (Å²) in [4.78, 5) is 15.8. The van der Waals surface area contributed by atoms with Crippen LogP contribution in [0.25, 0.3) is 0 Å². The number of carbonyl (C=O) groups is 1. The van der Waals surface area contributed by atoms with E-state index in [2.05, 4.69) is 28.7 Å². The Bertz CT molecular complexity index is 1210. The molecule has 2 heterocycles. The molecule has 1 atom stereocenters. The number of ether oxygens (including phenoxy) is 1. The van der Waals surface area contributed by atoms with Crippen LogP contribution in [0.4, 0.5) is 11.4 Å². The molecule has 1 aromatic heterocycles. The normalized spacial score (nSPS) is 18.0. The van der Waals surface area contributed by atoms with E-state index in [0.29, 0.717) is 28.6 Å². The summed E-state index contributed by atoms with van der Waals surface area (Å²) in [5.41, 5.74) is 10.2. The number of nitrogens with two attached hydrogens (primary N) is 1. The molecule has 1 saturated heterocycles. The largest absolute Gasteiger partial charge is 0.490 e. The zero-order valence-corrected chi connectivity index (χ0v) is 22.2. The summed E-state index contributed by atoms with van der Waals surface area (Å²) in [7, 11) is 2.14. The third-order valence-corrected chi connectivity index (χ3v) is 8.46. The van der Waals surface area contributed by atoms with E-state index in [4.69, 9.17) is 15.9 Å². The first-order chi connectivity index (χ1) is 18.0. The number of benzene rings is 2. The van der Waals surface area contributed by atoms with Crippen LogP contribution in [0.2, 0.25) is 0 Å². The molecular weight excluding hydrogens is 480 g/mol. The van der Waals surface area contributed by atoms with Crippen molar-refractivity contribution in [2.45, 2.75) is 50.5 Å². The monoisotopic (exact) mass is 516 g/mol. The fourth-order valence-corrected chi connectivity index (χ4v) is 6.30. The number of nitrogen functional groups attached to an aromatic ring is 1. The SMILES string of the molecule is CN1CCC(Oc2ccc(C(=N)c3cc(NC(=O)C(c4ccsc4)C4CCCC4)ccc3N)cc2)CC1. The Balaban J connectivity index is 1.28. The van der Waals surface area contributed by atoms with Crippen LogP contribution in [0.15, 0.2) is 59.3 Å². The van der Waals surface area contributed by atoms with Gasteiger partial charge in [-0.25, -0.2) is 0 Å². The number of rotatable bonds is 8. The quantitative estimate of drug-likeness (QED) is 0.248. The van der Waals surface area contributed by atoms with Crippen molar-refractivity contribution >= 4 is 34.3 Å². The third kappa shape index (κ3) is 6.05. The van der Waals surface area contributed by atoms with E-state index in [0.717, 1.165) is 55.6 Å². The highest BCUT2D eigenvalue weighted by Gasteiger charge is 2.32. The van der Waals surface area contributed by atoms with Gasteiger partial charge in [0, 0.05) is 35.6 Å². The Hall–Kier alpha value is -3.16. The van der Waals surface area contributed by atoms with Crippen molar-refractivity contribution in [3.8, 4) is 5.75 Å². The molecule has 5 rings (SSSR count). The molecule has 2 aliphatic rings. The average Bonchev–Trinajstić information content (AvgIpc) is 3.62. The Kier molecular flexibility index (Phi) is 7.91. The summed E-state index contributed by atoms with van der Waals surface area (Å²) in [6.45, 7) is 2.10. The zero-order valence-electron chi connectivity index (χ0n) is 21.4. The molecule has 1 aliphatic heterocycles. The fourth-order valence-electron chi connectivity index (χ4n) is 5.60. The Labute approximate surface area is 223 Å². The van der Waals surface area contributed by atoms with Crippen LogP contribution in [0, 0.1) is 11.3 Å². The summed E-state index contributed by atoms with van der Waals surface area (Å²) < 4.78 is 6.16. The zero-order chi connectivity index (χ0) is 25.8. The minimum Gasteiger partial charge on any atom is -0.490 e. The number of hydrogen-bond donors (Lipinski definition) is 3. The molecule has 1 amide bonds. The van der Waals surface area contributed by atoms with Gasteiger partial charge in [0.25, 0.3) is 0 Å². The molecule has 37 heavy (non-hydrogen) atoms. The predicted molar refractivity (Wildman–Crippen MR) is 152 cm³/mol. The van der Waals surface area contributed by atoms with Crippen LogP contribution in [-0.4, -0.2) is 42.8 Å². The predicted octanol–water partition coefficient (Wildman–Crippen LogP) is 6.13. The highest BCUT2D eigenvalue weighted by molar-refractivity contribution is 7.08. The van der Waals surface area contributed by atoms with Gasteiger partial charge in [-0.2, -0.15) is 11.3 Å². The van der Waals surface area contributed by atoms with Crippen LogP contribution in [-0.2, 0) is 4.79 Å². The van der Waals surface area contributed by atoms with Gasteiger partial charge < -0.3 is 20.7 Å². The molecule has 2 fully saturated rings. The second-order valence-corrected chi connectivity index (χ2v) is 11.2. The maximum Gasteiger partial charge on any atom is 0.232 e. The van der Waals surface area contributed by atoms with Crippen LogP contribution in [0.1, 0.15) is 61.1 Å². The second-order valence-electron chi connectivity index (χ2n) is 10.4. The number of amides is 1. The van der Waals surface area contributed by atoms with Gasteiger partial charge in [0.2, 0.25) is 5.91 Å². The molecule has 1 aliphatic carbocycles. The maximum atomic E-state index is 13.4. The number of thiophene rings is 1. The van der Waals surface area contributed by atoms with Crippen molar-refractivity contribution in [2.75, 3.05) is 31.2 Å². The highest BCUT2D eigenvalue weighted by atomic mass is 32.1. The molecule has 0 spiro atoms. The molecule has 6 nitrogen and oxygen atoms in total. The number of hydrogen-bond acceptors (Lipinski definition) is 6. The summed E-state index contributed by atoms with van der Waals surface area (Å²) in [5.74, 6) is 1.07. The Morgan fingerprint density at radius 3 is 2.49 bits per heavy atom. The van der Waals surface area contributed by atoms with Gasteiger partial charge >= 0.3 is 0 Å². The molecule has 0 bridgehead atoms. The van der Waals surface area contributed by atoms with Crippen molar-refractivity contribution in [3.05, 3.63) is 76.0 Å². The summed E-state index contributed by atoms with van der Waals surface area (Å²) >= 11 is 1.63. The first-order valence-electron chi connectivity index (χ1n) is 13.2. The first-order valence-corrected chi connectivity index (χ1v) is 14.2. The summed E-state index contributed by atoms with van der Waals surface area (Å²) in [6, 6.07) is 15.1. The van der Waals surface area contributed by atoms with Gasteiger partial charge in [-0.1, -0.05) is 12.8 Å². The lowest BCUT2D eigenvalue weighted by Gasteiger charge is -2.29. The van der Waals surface area contributed by atoms with Crippen molar-refractivity contribution in [3.63, 3.8) is 0 Å². The highest BCUT2D eigenvalue weighted by Crippen LogP contribution is 2.39. The smallest absolute Gasteiger partial charge is 0.232 e. The minimum absolute atomic E-state index is 0.0166. The minimum atomic E-state index is -0.147. The maximum absolute atomic E-state index is 13.4. The first kappa shape index (κ1) is 25.5. The van der Waals surface area contributed by atoms with E-state index in [1.807, 2.05) is 41.8 Å². The Morgan fingerprint density at radius 2 is 1.81 bits per heavy atom. The molecular formula is C30H36N4O2S. The van der Waals surface area contributed by atoms with Crippen LogP contribution in [0.3, 0.4) is 0 Å². The van der Waals surface area contributed by atoms with E-state index >= 15 is 0 Å². The summed E-state index contributed by atoms with van der Waals surface area (Å²) in [5, 5.41) is 16.1. The van der Waals surface area contributed by atoms with Gasteiger partial charge in [0.15, 0.2) is 0 Å². The number of likely N-dealkylation sites (tertiary alicyclic amines) is 1. The van der Waals surface area contributed by atoms with E-state index < -0.39 is 0 Å². The Morgan fingerprint density at radius 1 is 1.08 bits per heavy atom. The molecule has 194 valence electrons. The molecule has 1 unspecified atom stereocenters. The van der Waals surface area contributed by atoms with E-state index in [1.54, 1.807) is 17.4 Å². The average molecular weight is 517 g/mol. The molecule has 4 N–H and O–H groups in total. The molecule has 7 heteroatoms. The third-order valence-electron chi connectivity index (χ3n) is 7.76. The molecule has 2 aromatic carbocycles. The number of nitrogens with zero attached hydrogens (tertiary/aromatic N) is 1. The van der Waals surface area contributed by atoms with Gasteiger partial charge in [-0.3, -0.25) is 10.2 Å². The topological polar surface area (TPSA) is 91.4 Å². The van der Waals surface area contributed by atoms with Gasteiger partial charge in [0.1, 0.15) is 11.9 Å². The van der Waals surface area contributed by atoms with Crippen LogP contribution < -0.4 is 15.8 Å². The van der Waals surface area contributed by atoms with Crippen molar-refractivity contribution < 1.29 is 9.53 Å². The molecule has 1 saturated carbocycles. The lowest BCUT2D eigenvalue weighted by molar-refractivity contribution is -0.118. The van der Waals surface area contributed by atoms with Crippen molar-refractivity contribution in [2.24, 2.45) is 5.92 Å². The lowest BCUT2D eigenvalue weighted by atomic mass is 9.85. The number of anilines is 2. The van der Waals surface area contributed by atoms with Crippen LogP contribution in [0.5, 0.6) is 5.75 Å². The van der Waals surface area contributed by atoms with Crippen molar-refractivity contribution in [1.29, 1.82) is 5.41 Å². The van der Waals surface area contributed by atoms with E-state index in [-0.39, 0.29) is 17.9 Å². The van der Waals surface area contributed by atoms with Gasteiger partial charge in [-0.15, -0.1) is 0 Å². The van der Waals surface area contributed by atoms with Gasteiger partial charge in [-0.05, 0) is 104 Å². The number of carbonyl (C=O) groups excluding carboxylic acids is 1. The van der Waals surface area contributed by atoms with E-state index in [9.17, 15) is 4.79 Å².